The molecule has 2 aromatic carbocycles. The zero-order valence-corrected chi connectivity index (χ0v) is 18.2. The van der Waals surface area contributed by atoms with Crippen LogP contribution in [0.25, 0.3) is 0 Å². The van der Waals surface area contributed by atoms with Crippen LogP contribution in [0.15, 0.2) is 54.7 Å². The van der Waals surface area contributed by atoms with Crippen molar-refractivity contribution < 1.29 is 18.7 Å². The molecular formula is C23H17Cl2FN2O3. The molecule has 0 saturated heterocycles. The third-order valence-electron chi connectivity index (χ3n) is 5.33. The van der Waals surface area contributed by atoms with Crippen LogP contribution in [0.1, 0.15) is 44.5 Å². The molecule has 1 aromatic heterocycles. The minimum Gasteiger partial charge on any atom is -0.350 e. The lowest BCUT2D eigenvalue weighted by Gasteiger charge is -2.38. The Hall–Kier alpha value is -2.80. The summed E-state index contributed by atoms with van der Waals surface area (Å²) in [6, 6.07) is 12.5. The molecule has 0 fully saturated rings. The number of fused-ring (bicyclic) bond motifs is 1. The summed E-state index contributed by atoms with van der Waals surface area (Å²) in [5, 5.41) is 0.936. The number of rotatable bonds is 5. The lowest BCUT2D eigenvalue weighted by Crippen LogP contribution is -2.46. The van der Waals surface area contributed by atoms with Gasteiger partial charge in [0.05, 0.1) is 28.4 Å². The quantitative estimate of drug-likeness (QED) is 0.490. The van der Waals surface area contributed by atoms with Crippen molar-refractivity contribution >= 4 is 34.9 Å². The Kier molecular flexibility index (Phi) is 5.56. The van der Waals surface area contributed by atoms with Crippen molar-refractivity contribution in [3.8, 4) is 0 Å². The van der Waals surface area contributed by atoms with E-state index in [1.807, 2.05) is 0 Å². The van der Waals surface area contributed by atoms with Crippen molar-refractivity contribution in [2.75, 3.05) is 7.11 Å². The first kappa shape index (κ1) is 21.4. The van der Waals surface area contributed by atoms with Gasteiger partial charge in [-0.05, 0) is 43.3 Å². The monoisotopic (exact) mass is 458 g/mol. The first-order valence-corrected chi connectivity index (χ1v) is 10.1. The van der Waals surface area contributed by atoms with Crippen LogP contribution in [0.2, 0.25) is 10.0 Å². The summed E-state index contributed by atoms with van der Waals surface area (Å²) in [7, 11) is 1.40. The highest BCUT2D eigenvalue weighted by atomic mass is 35.5. The van der Waals surface area contributed by atoms with Crippen molar-refractivity contribution in [1.82, 2.24) is 9.88 Å². The normalized spacial score (nSPS) is 17.7. The number of benzene rings is 2. The Morgan fingerprint density at radius 3 is 2.39 bits per heavy atom. The lowest BCUT2D eigenvalue weighted by atomic mass is 9.91. The van der Waals surface area contributed by atoms with E-state index in [0.29, 0.717) is 21.3 Å². The molecule has 0 radical (unpaired) electrons. The molecule has 1 atom stereocenters. The van der Waals surface area contributed by atoms with E-state index in [2.05, 4.69) is 4.98 Å². The summed E-state index contributed by atoms with van der Waals surface area (Å²) in [5.74, 6) is -1.54. The molecule has 1 unspecified atom stereocenters. The Labute approximate surface area is 188 Å². The van der Waals surface area contributed by atoms with E-state index in [0.717, 1.165) is 6.07 Å². The van der Waals surface area contributed by atoms with Crippen LogP contribution in [0.4, 0.5) is 4.39 Å². The second kappa shape index (κ2) is 8.04. The largest absolute Gasteiger partial charge is 0.350 e. The van der Waals surface area contributed by atoms with E-state index in [1.165, 1.54) is 31.2 Å². The Balaban J connectivity index is 1.96. The molecule has 158 valence electrons. The molecule has 0 saturated carbocycles. The predicted molar refractivity (Wildman–Crippen MR) is 115 cm³/mol. The molecule has 0 N–H and O–H groups in total. The highest BCUT2D eigenvalue weighted by Crippen LogP contribution is 2.47. The van der Waals surface area contributed by atoms with Crippen molar-refractivity contribution in [3.63, 3.8) is 0 Å². The van der Waals surface area contributed by atoms with Crippen LogP contribution in [-0.4, -0.2) is 28.7 Å². The summed E-state index contributed by atoms with van der Waals surface area (Å²) >= 11 is 12.0. The lowest BCUT2D eigenvalue weighted by molar-refractivity contribution is -0.0885. The number of halogens is 3. The number of Topliss-reactive ketones (excluding diaryl/α,β-unsaturated/α-hetero) is 1. The van der Waals surface area contributed by atoms with Gasteiger partial charge in [0.15, 0.2) is 11.5 Å². The number of carbonyl (C=O) groups is 2. The van der Waals surface area contributed by atoms with Crippen LogP contribution in [0, 0.1) is 5.82 Å². The smallest absolute Gasteiger partial charge is 0.257 e. The van der Waals surface area contributed by atoms with Crippen LogP contribution < -0.4 is 0 Å². The molecule has 0 bridgehead atoms. The number of aromatic nitrogens is 1. The van der Waals surface area contributed by atoms with E-state index >= 15 is 4.39 Å². The van der Waals surface area contributed by atoms with Gasteiger partial charge in [0.1, 0.15) is 5.82 Å². The van der Waals surface area contributed by atoms with E-state index in [1.54, 1.807) is 36.4 Å². The summed E-state index contributed by atoms with van der Waals surface area (Å²) in [4.78, 5) is 31.0. The standard InChI is InChI=1S/C23H17Cl2FN2O3/c1-13(29)14-9-19-21(20(26)10-14)23(31-2,15-3-5-16(24)6-4-15)28(22(19)30)12-18-8-7-17(25)11-27-18/h3-11H,12H2,1-2H3. The van der Waals surface area contributed by atoms with Crippen LogP contribution in [0.5, 0.6) is 0 Å². The molecule has 3 aromatic rings. The molecular weight excluding hydrogens is 442 g/mol. The average Bonchev–Trinajstić information content (AvgIpc) is 2.99. The highest BCUT2D eigenvalue weighted by Gasteiger charge is 2.53. The first-order chi connectivity index (χ1) is 14.8. The van der Waals surface area contributed by atoms with Crippen molar-refractivity contribution in [3.05, 3.63) is 98.5 Å². The SMILES string of the molecule is COC1(c2ccc(Cl)cc2)c2c(F)cc(C(C)=O)cc2C(=O)N1Cc1ccc(Cl)cn1. The van der Waals surface area contributed by atoms with Gasteiger partial charge >= 0.3 is 0 Å². The van der Waals surface area contributed by atoms with Crippen LogP contribution >= 0.6 is 23.2 Å². The predicted octanol–water partition coefficient (Wildman–Crippen LogP) is 5.23. The number of ether oxygens (including phenoxy) is 1. The van der Waals surface area contributed by atoms with E-state index in [9.17, 15) is 9.59 Å². The number of hydrogen-bond acceptors (Lipinski definition) is 4. The van der Waals surface area contributed by atoms with E-state index in [-0.39, 0.29) is 29.0 Å². The average molecular weight is 459 g/mol. The third kappa shape index (κ3) is 3.51. The molecule has 4 rings (SSSR count). The summed E-state index contributed by atoms with van der Waals surface area (Å²) in [6.45, 7) is 1.34. The topological polar surface area (TPSA) is 59.5 Å². The van der Waals surface area contributed by atoms with Crippen LogP contribution in [0.3, 0.4) is 0 Å². The van der Waals surface area contributed by atoms with Gasteiger partial charge in [-0.3, -0.25) is 19.5 Å². The minimum atomic E-state index is -1.57. The summed E-state index contributed by atoms with van der Waals surface area (Å²) < 4.78 is 21.3. The van der Waals surface area contributed by atoms with E-state index < -0.39 is 17.4 Å². The zero-order chi connectivity index (χ0) is 22.3. The van der Waals surface area contributed by atoms with Gasteiger partial charge in [-0.2, -0.15) is 0 Å². The second-order valence-electron chi connectivity index (χ2n) is 7.15. The summed E-state index contributed by atoms with van der Waals surface area (Å²) in [5.41, 5.74) is -0.310. The zero-order valence-electron chi connectivity index (χ0n) is 16.7. The van der Waals surface area contributed by atoms with Crippen molar-refractivity contribution in [1.29, 1.82) is 0 Å². The van der Waals surface area contributed by atoms with Crippen LogP contribution in [-0.2, 0) is 17.0 Å². The molecule has 31 heavy (non-hydrogen) atoms. The molecule has 0 spiro atoms. The molecule has 1 amide bonds. The van der Waals surface area contributed by atoms with Gasteiger partial charge in [0.25, 0.3) is 5.91 Å². The number of hydrogen-bond donors (Lipinski definition) is 0. The summed E-state index contributed by atoms with van der Waals surface area (Å²) in [6.07, 6.45) is 1.47. The Morgan fingerprint density at radius 1 is 1.13 bits per heavy atom. The number of amides is 1. The van der Waals surface area contributed by atoms with Gasteiger partial charge in [0.2, 0.25) is 0 Å². The maximum absolute atomic E-state index is 15.4. The van der Waals surface area contributed by atoms with Gasteiger partial charge in [-0.25, -0.2) is 4.39 Å². The van der Waals surface area contributed by atoms with Crippen molar-refractivity contribution in [2.24, 2.45) is 0 Å². The fourth-order valence-corrected chi connectivity index (χ4v) is 4.14. The minimum absolute atomic E-state index is 0.0238. The van der Waals surface area contributed by atoms with E-state index in [4.69, 9.17) is 27.9 Å². The van der Waals surface area contributed by atoms with Crippen molar-refractivity contribution in [2.45, 2.75) is 19.2 Å². The number of carbonyl (C=O) groups excluding carboxylic acids is 2. The Morgan fingerprint density at radius 2 is 1.81 bits per heavy atom. The molecule has 5 nitrogen and oxygen atoms in total. The highest BCUT2D eigenvalue weighted by molar-refractivity contribution is 6.30. The molecule has 0 aliphatic carbocycles. The first-order valence-electron chi connectivity index (χ1n) is 9.36. The number of ketones is 1. The van der Waals surface area contributed by atoms with Gasteiger partial charge in [0, 0.05) is 29.5 Å². The fraction of sp³-hybridized carbons (Fsp3) is 0.174. The fourth-order valence-electron chi connectivity index (χ4n) is 3.90. The van der Waals surface area contributed by atoms with Gasteiger partial charge < -0.3 is 4.74 Å². The molecule has 1 aliphatic rings. The van der Waals surface area contributed by atoms with Gasteiger partial charge in [-0.1, -0.05) is 35.3 Å². The molecule has 2 heterocycles. The maximum Gasteiger partial charge on any atom is 0.257 e. The third-order valence-corrected chi connectivity index (χ3v) is 5.81. The molecule has 8 heteroatoms. The van der Waals surface area contributed by atoms with Gasteiger partial charge in [-0.15, -0.1) is 0 Å². The Bertz CT molecular complexity index is 1180. The molecule has 1 aliphatic heterocycles. The number of nitrogens with zero attached hydrogens (tertiary/aromatic N) is 2. The maximum atomic E-state index is 15.4. The second-order valence-corrected chi connectivity index (χ2v) is 8.02. The number of pyridine rings is 1. The number of methoxy groups -OCH3 is 1.